The van der Waals surface area contributed by atoms with Gasteiger partial charge in [-0.25, -0.2) is 4.39 Å². The Morgan fingerprint density at radius 2 is 2.16 bits per heavy atom. The summed E-state index contributed by atoms with van der Waals surface area (Å²) in [6, 6.07) is 4.58. The number of aryl methyl sites for hydroxylation is 1. The largest absolute Gasteiger partial charge is 0.496 e. The third kappa shape index (κ3) is 3.13. The number of hydrogen-bond donors (Lipinski definition) is 1. The minimum Gasteiger partial charge on any atom is -0.496 e. The maximum Gasteiger partial charge on any atom is 0.265 e. The molecule has 0 aliphatic rings. The maximum absolute atomic E-state index is 13.3. The number of halogens is 2. The Morgan fingerprint density at radius 3 is 2.79 bits per heavy atom. The van der Waals surface area contributed by atoms with Crippen molar-refractivity contribution in [2.24, 2.45) is 0 Å². The van der Waals surface area contributed by atoms with E-state index < -0.39 is 0 Å². The molecule has 1 N–H and O–H groups in total. The van der Waals surface area contributed by atoms with Crippen molar-refractivity contribution in [1.29, 1.82) is 0 Å². The van der Waals surface area contributed by atoms with Gasteiger partial charge in [-0.1, -0.05) is 0 Å². The van der Waals surface area contributed by atoms with Gasteiger partial charge in [0.25, 0.3) is 5.91 Å². The fourth-order valence-electron chi connectivity index (χ4n) is 1.51. The molecule has 0 fully saturated rings. The predicted octanol–water partition coefficient (Wildman–Crippen LogP) is 4.22. The van der Waals surface area contributed by atoms with Crippen molar-refractivity contribution in [3.63, 3.8) is 0 Å². The molecule has 1 aromatic heterocycles. The van der Waals surface area contributed by atoms with Crippen LogP contribution in [0.15, 0.2) is 28.1 Å². The van der Waals surface area contributed by atoms with E-state index in [0.29, 0.717) is 26.4 Å². The monoisotopic (exact) mass is 343 g/mol. The first kappa shape index (κ1) is 14.0. The van der Waals surface area contributed by atoms with Gasteiger partial charge in [0.2, 0.25) is 0 Å². The number of benzene rings is 1. The van der Waals surface area contributed by atoms with Gasteiger partial charge in [0, 0.05) is 17.1 Å². The molecule has 6 heteroatoms. The lowest BCUT2D eigenvalue weighted by Gasteiger charge is -2.08. The molecule has 0 atom stereocenters. The molecule has 1 heterocycles. The van der Waals surface area contributed by atoms with E-state index in [1.165, 1.54) is 17.4 Å². The third-order valence-electron chi connectivity index (χ3n) is 2.55. The summed E-state index contributed by atoms with van der Waals surface area (Å²) in [5, 5.41) is 4.50. The Bertz CT molecular complexity index is 627. The van der Waals surface area contributed by atoms with E-state index in [2.05, 4.69) is 21.2 Å². The van der Waals surface area contributed by atoms with E-state index >= 15 is 0 Å². The first-order valence-corrected chi connectivity index (χ1v) is 7.08. The lowest BCUT2D eigenvalue weighted by atomic mass is 10.2. The molecule has 0 radical (unpaired) electrons. The highest BCUT2D eigenvalue weighted by Gasteiger charge is 2.12. The molecule has 0 aliphatic heterocycles. The minimum atomic E-state index is -0.353. The lowest BCUT2D eigenvalue weighted by Crippen LogP contribution is -2.11. The Kier molecular flexibility index (Phi) is 4.21. The van der Waals surface area contributed by atoms with Crippen molar-refractivity contribution < 1.29 is 13.9 Å². The van der Waals surface area contributed by atoms with Crippen LogP contribution in [0.4, 0.5) is 10.1 Å². The number of carbonyl (C=O) groups excluding carboxylic acids is 1. The molecule has 2 rings (SSSR count). The molecule has 1 aromatic carbocycles. The summed E-state index contributed by atoms with van der Waals surface area (Å²) in [4.78, 5) is 12.6. The lowest BCUT2D eigenvalue weighted by molar-refractivity contribution is 0.103. The van der Waals surface area contributed by atoms with Gasteiger partial charge in [-0.2, -0.15) is 0 Å². The zero-order valence-corrected chi connectivity index (χ0v) is 12.7. The van der Waals surface area contributed by atoms with Gasteiger partial charge in [0.1, 0.15) is 11.6 Å². The smallest absolute Gasteiger partial charge is 0.265 e. The van der Waals surface area contributed by atoms with Gasteiger partial charge in [-0.15, -0.1) is 11.3 Å². The summed E-state index contributed by atoms with van der Waals surface area (Å²) in [5.74, 6) is 0.0513. The van der Waals surface area contributed by atoms with Crippen LogP contribution in [0.3, 0.4) is 0 Å². The number of rotatable bonds is 3. The normalized spacial score (nSPS) is 10.3. The second kappa shape index (κ2) is 5.71. The quantitative estimate of drug-likeness (QED) is 0.905. The van der Waals surface area contributed by atoms with Gasteiger partial charge in [0.05, 0.1) is 16.5 Å². The van der Waals surface area contributed by atoms with Crippen LogP contribution in [-0.4, -0.2) is 13.0 Å². The molecule has 0 saturated carbocycles. The SMILES string of the molecule is COc1csc(C(=O)Nc2cc(Br)c(F)cc2C)c1. The van der Waals surface area contributed by atoms with Gasteiger partial charge in [0.15, 0.2) is 0 Å². The van der Waals surface area contributed by atoms with Crippen molar-refractivity contribution in [1.82, 2.24) is 0 Å². The summed E-state index contributed by atoms with van der Waals surface area (Å²) >= 11 is 4.39. The highest BCUT2D eigenvalue weighted by atomic mass is 79.9. The molecule has 0 aliphatic carbocycles. The molecule has 0 bridgehead atoms. The number of hydrogen-bond acceptors (Lipinski definition) is 3. The van der Waals surface area contributed by atoms with Crippen LogP contribution in [0.5, 0.6) is 5.75 Å². The molecule has 0 saturated heterocycles. The van der Waals surface area contributed by atoms with E-state index in [1.807, 2.05) is 0 Å². The van der Waals surface area contributed by atoms with Crippen LogP contribution in [0.1, 0.15) is 15.2 Å². The maximum atomic E-state index is 13.3. The van der Waals surface area contributed by atoms with Crippen molar-refractivity contribution in [3.8, 4) is 5.75 Å². The van der Waals surface area contributed by atoms with Crippen LogP contribution in [0, 0.1) is 12.7 Å². The van der Waals surface area contributed by atoms with Gasteiger partial charge < -0.3 is 10.1 Å². The number of anilines is 1. The van der Waals surface area contributed by atoms with Gasteiger partial charge in [-0.3, -0.25) is 4.79 Å². The zero-order valence-electron chi connectivity index (χ0n) is 10.3. The van der Waals surface area contributed by atoms with Crippen LogP contribution >= 0.6 is 27.3 Å². The second-order valence-corrected chi connectivity index (χ2v) is 5.65. The molecule has 100 valence electrons. The van der Waals surface area contributed by atoms with E-state index in [-0.39, 0.29) is 11.7 Å². The average molecular weight is 344 g/mol. The minimum absolute atomic E-state index is 0.241. The summed E-state index contributed by atoms with van der Waals surface area (Å²) < 4.78 is 18.6. The molecular formula is C13H11BrFNO2S. The van der Waals surface area contributed by atoms with E-state index in [4.69, 9.17) is 4.74 Å². The van der Waals surface area contributed by atoms with E-state index in [9.17, 15) is 9.18 Å². The number of ether oxygens (including phenoxy) is 1. The van der Waals surface area contributed by atoms with Gasteiger partial charge >= 0.3 is 0 Å². The number of thiophene rings is 1. The molecular weight excluding hydrogens is 333 g/mol. The topological polar surface area (TPSA) is 38.3 Å². The number of methoxy groups -OCH3 is 1. The second-order valence-electron chi connectivity index (χ2n) is 3.89. The average Bonchev–Trinajstić information content (AvgIpc) is 2.84. The van der Waals surface area contributed by atoms with Crippen LogP contribution < -0.4 is 10.1 Å². The summed E-state index contributed by atoms with van der Waals surface area (Å²) in [7, 11) is 1.55. The summed E-state index contributed by atoms with van der Waals surface area (Å²) in [6.45, 7) is 1.74. The third-order valence-corrected chi connectivity index (χ3v) is 4.07. The first-order valence-electron chi connectivity index (χ1n) is 5.41. The molecule has 1 amide bonds. The number of carbonyl (C=O) groups is 1. The Balaban J connectivity index is 2.21. The molecule has 19 heavy (non-hydrogen) atoms. The Labute approximate surface area is 122 Å². The fourth-order valence-corrected chi connectivity index (χ4v) is 2.60. The van der Waals surface area contributed by atoms with Crippen LogP contribution in [0.2, 0.25) is 0 Å². The van der Waals surface area contributed by atoms with E-state index in [1.54, 1.807) is 31.5 Å². The van der Waals surface area contributed by atoms with Crippen molar-refractivity contribution in [2.75, 3.05) is 12.4 Å². The predicted molar refractivity (Wildman–Crippen MR) is 77.7 cm³/mol. The fraction of sp³-hybridized carbons (Fsp3) is 0.154. The van der Waals surface area contributed by atoms with Crippen molar-refractivity contribution >= 4 is 38.9 Å². The van der Waals surface area contributed by atoms with Crippen molar-refractivity contribution in [3.05, 3.63) is 44.3 Å². The first-order chi connectivity index (χ1) is 9.01. The van der Waals surface area contributed by atoms with Crippen LogP contribution in [-0.2, 0) is 0 Å². The van der Waals surface area contributed by atoms with Crippen molar-refractivity contribution in [2.45, 2.75) is 6.92 Å². The number of nitrogens with one attached hydrogen (secondary N) is 1. The highest BCUT2D eigenvalue weighted by molar-refractivity contribution is 9.10. The molecule has 3 nitrogen and oxygen atoms in total. The Hall–Kier alpha value is -1.40. The highest BCUT2D eigenvalue weighted by Crippen LogP contribution is 2.26. The van der Waals surface area contributed by atoms with E-state index in [0.717, 1.165) is 0 Å². The van der Waals surface area contributed by atoms with Gasteiger partial charge in [-0.05, 0) is 40.5 Å². The Morgan fingerprint density at radius 1 is 1.42 bits per heavy atom. The summed E-state index contributed by atoms with van der Waals surface area (Å²) in [6.07, 6.45) is 0. The zero-order chi connectivity index (χ0) is 14.0. The molecule has 0 unspecified atom stereocenters. The molecule has 2 aromatic rings. The standard InChI is InChI=1S/C13H11BrFNO2S/c1-7-3-10(15)9(14)5-11(7)16-13(17)12-4-8(18-2)6-19-12/h3-6H,1-2H3,(H,16,17). The number of amides is 1. The van der Waals surface area contributed by atoms with Crippen LogP contribution in [0.25, 0.3) is 0 Å². The summed E-state index contributed by atoms with van der Waals surface area (Å²) in [5.41, 5.74) is 1.24. The molecule has 0 spiro atoms.